The van der Waals surface area contributed by atoms with Gasteiger partial charge in [-0.1, -0.05) is 17.2 Å². The van der Waals surface area contributed by atoms with E-state index in [4.69, 9.17) is 10.2 Å². The molecule has 0 aliphatic rings. The smallest absolute Gasteiger partial charge is 0.324 e. The van der Waals surface area contributed by atoms with Crippen LogP contribution in [-0.4, -0.2) is 36.6 Å². The number of hydrogen-bond donors (Lipinski definition) is 2. The zero-order valence-corrected chi connectivity index (χ0v) is 16.0. The Bertz CT molecular complexity index is 1340. The lowest BCUT2D eigenvalue weighted by Crippen LogP contribution is -2.26. The molecule has 0 aliphatic heterocycles. The topological polar surface area (TPSA) is 115 Å². The van der Waals surface area contributed by atoms with Gasteiger partial charge in [-0.3, -0.25) is 9.58 Å². The van der Waals surface area contributed by atoms with Gasteiger partial charge >= 0.3 is 6.01 Å². The minimum Gasteiger partial charge on any atom is -0.403 e. The van der Waals surface area contributed by atoms with E-state index in [1.807, 2.05) is 19.3 Å². The highest BCUT2D eigenvalue weighted by molar-refractivity contribution is 5.93. The van der Waals surface area contributed by atoms with Crippen LogP contribution in [-0.2, 0) is 7.05 Å². The Morgan fingerprint density at radius 1 is 1.20 bits per heavy atom. The van der Waals surface area contributed by atoms with Crippen LogP contribution in [0.1, 0.15) is 0 Å². The van der Waals surface area contributed by atoms with Gasteiger partial charge in [0.2, 0.25) is 0 Å². The number of anilines is 2. The van der Waals surface area contributed by atoms with Gasteiger partial charge < -0.3 is 15.1 Å². The molecular weight excluding hydrogens is 387 g/mol. The Morgan fingerprint density at radius 3 is 2.83 bits per heavy atom. The van der Waals surface area contributed by atoms with Gasteiger partial charge in [-0.25, -0.2) is 9.37 Å². The number of nitrogens with one attached hydrogen (secondary N) is 1. The summed E-state index contributed by atoms with van der Waals surface area (Å²) in [5.74, 6) is -0.156. The van der Waals surface area contributed by atoms with Crippen molar-refractivity contribution >= 4 is 22.7 Å². The number of halogens is 1. The molecule has 4 aromatic heterocycles. The molecule has 150 valence electrons. The maximum Gasteiger partial charge on any atom is 0.324 e. The second-order valence-electron chi connectivity index (χ2n) is 6.68. The standard InChI is InChI=1S/C20H17FN8O/c1-28-10-13(8-25-28)12-6-14-15(9-24-18(14)23-7-12)19-26-27-20(30-19)29(11-22)17-5-3-2-4-16(17)21/h2-10H,11,22H2,1H3,(H,23,24). The maximum absolute atomic E-state index is 14.2. The molecule has 5 rings (SSSR count). The van der Waals surface area contributed by atoms with Crippen LogP contribution in [0.15, 0.2) is 59.5 Å². The number of pyridine rings is 1. The molecule has 10 heteroatoms. The summed E-state index contributed by atoms with van der Waals surface area (Å²) in [5.41, 5.74) is 9.30. The number of fused-ring (bicyclic) bond motifs is 1. The molecular formula is C20H17FN8O. The van der Waals surface area contributed by atoms with Crippen LogP contribution < -0.4 is 10.6 Å². The van der Waals surface area contributed by atoms with Crippen LogP contribution >= 0.6 is 0 Å². The highest BCUT2D eigenvalue weighted by Gasteiger charge is 2.20. The number of rotatable bonds is 5. The summed E-state index contributed by atoms with van der Waals surface area (Å²) < 4.78 is 21.8. The van der Waals surface area contributed by atoms with E-state index in [0.29, 0.717) is 11.2 Å². The summed E-state index contributed by atoms with van der Waals surface area (Å²) in [6.45, 7) is -0.0246. The van der Waals surface area contributed by atoms with Gasteiger partial charge in [-0.15, -0.1) is 5.10 Å². The Hall–Kier alpha value is -4.05. The zero-order chi connectivity index (χ0) is 20.7. The van der Waals surface area contributed by atoms with Gasteiger partial charge in [0.05, 0.1) is 24.1 Å². The van der Waals surface area contributed by atoms with Gasteiger partial charge in [0.15, 0.2) is 0 Å². The largest absolute Gasteiger partial charge is 0.403 e. The molecule has 0 atom stereocenters. The SMILES string of the molecule is Cn1cc(-c2cnc3[nH]cc(-c4nnc(N(CN)c5ccccc5F)o4)c3c2)cn1. The molecule has 0 aliphatic carbocycles. The van der Waals surface area contributed by atoms with Crippen molar-refractivity contribution in [3.8, 4) is 22.6 Å². The molecule has 0 fully saturated rings. The molecule has 0 unspecified atom stereocenters. The molecule has 0 saturated carbocycles. The van der Waals surface area contributed by atoms with E-state index in [2.05, 4.69) is 25.3 Å². The van der Waals surface area contributed by atoms with Crippen LogP contribution in [0, 0.1) is 5.82 Å². The van der Waals surface area contributed by atoms with Crippen molar-refractivity contribution in [2.75, 3.05) is 11.6 Å². The monoisotopic (exact) mass is 404 g/mol. The highest BCUT2D eigenvalue weighted by atomic mass is 19.1. The zero-order valence-electron chi connectivity index (χ0n) is 16.0. The first-order valence-electron chi connectivity index (χ1n) is 9.16. The number of aromatic nitrogens is 6. The van der Waals surface area contributed by atoms with E-state index >= 15 is 0 Å². The van der Waals surface area contributed by atoms with E-state index < -0.39 is 5.82 Å². The van der Waals surface area contributed by atoms with Crippen LogP contribution in [0.3, 0.4) is 0 Å². The van der Waals surface area contributed by atoms with Gasteiger partial charge in [0.1, 0.15) is 11.5 Å². The number of H-pyrrole nitrogens is 1. The molecule has 0 bridgehead atoms. The van der Waals surface area contributed by atoms with Crippen LogP contribution in [0.5, 0.6) is 0 Å². The second kappa shape index (κ2) is 7.08. The van der Waals surface area contributed by atoms with Crippen molar-refractivity contribution in [3.63, 3.8) is 0 Å². The summed E-state index contributed by atoms with van der Waals surface area (Å²) in [5, 5.41) is 13.2. The third-order valence-electron chi connectivity index (χ3n) is 4.77. The number of hydrogen-bond acceptors (Lipinski definition) is 7. The van der Waals surface area contributed by atoms with Crippen molar-refractivity contribution in [1.82, 2.24) is 29.9 Å². The van der Waals surface area contributed by atoms with Gasteiger partial charge in [0, 0.05) is 42.2 Å². The van der Waals surface area contributed by atoms with Crippen molar-refractivity contribution in [2.45, 2.75) is 0 Å². The predicted molar refractivity (Wildman–Crippen MR) is 109 cm³/mol. The molecule has 0 radical (unpaired) electrons. The van der Waals surface area contributed by atoms with E-state index in [1.165, 1.54) is 11.0 Å². The average Bonchev–Trinajstić information content (AvgIpc) is 3.49. The Balaban J connectivity index is 1.55. The van der Waals surface area contributed by atoms with Gasteiger partial charge in [-0.2, -0.15) is 5.10 Å². The van der Waals surface area contributed by atoms with Crippen LogP contribution in [0.2, 0.25) is 0 Å². The summed E-state index contributed by atoms with van der Waals surface area (Å²) in [7, 11) is 1.86. The Labute approximate surface area is 170 Å². The van der Waals surface area contributed by atoms with Crippen molar-refractivity contribution in [2.24, 2.45) is 12.8 Å². The molecule has 4 heterocycles. The number of para-hydroxylation sites is 1. The molecule has 9 nitrogen and oxygen atoms in total. The second-order valence-corrected chi connectivity index (χ2v) is 6.68. The molecule has 0 spiro atoms. The fraction of sp³-hybridized carbons (Fsp3) is 0.100. The van der Waals surface area contributed by atoms with Crippen LogP contribution in [0.4, 0.5) is 16.1 Å². The number of aryl methyl sites for hydroxylation is 1. The van der Waals surface area contributed by atoms with E-state index in [1.54, 1.807) is 41.5 Å². The maximum atomic E-state index is 14.2. The number of nitrogens with zero attached hydrogens (tertiary/aromatic N) is 6. The fourth-order valence-corrected chi connectivity index (χ4v) is 3.29. The third-order valence-corrected chi connectivity index (χ3v) is 4.77. The molecule has 3 N–H and O–H groups in total. The van der Waals surface area contributed by atoms with E-state index in [-0.39, 0.29) is 24.3 Å². The fourth-order valence-electron chi connectivity index (χ4n) is 3.29. The van der Waals surface area contributed by atoms with E-state index in [0.717, 1.165) is 16.5 Å². The third kappa shape index (κ3) is 2.99. The highest BCUT2D eigenvalue weighted by Crippen LogP contribution is 2.33. The summed E-state index contributed by atoms with van der Waals surface area (Å²) in [4.78, 5) is 8.99. The molecule has 1 aromatic carbocycles. The van der Waals surface area contributed by atoms with Crippen molar-refractivity contribution < 1.29 is 8.81 Å². The summed E-state index contributed by atoms with van der Waals surface area (Å²) in [6, 6.07) is 8.34. The average molecular weight is 404 g/mol. The Kier molecular flexibility index (Phi) is 4.25. The lowest BCUT2D eigenvalue weighted by molar-refractivity contribution is 0.557. The normalized spacial score (nSPS) is 11.3. The van der Waals surface area contributed by atoms with E-state index in [9.17, 15) is 4.39 Å². The molecule has 30 heavy (non-hydrogen) atoms. The number of nitrogens with two attached hydrogens (primary N) is 1. The first-order chi connectivity index (χ1) is 14.6. The summed E-state index contributed by atoms with van der Waals surface area (Å²) in [6.07, 6.45) is 7.20. The molecule has 0 saturated heterocycles. The lowest BCUT2D eigenvalue weighted by atomic mass is 10.1. The van der Waals surface area contributed by atoms with Gasteiger partial charge in [-0.05, 0) is 18.2 Å². The number of aromatic amines is 1. The van der Waals surface area contributed by atoms with Gasteiger partial charge in [0.25, 0.3) is 5.89 Å². The lowest BCUT2D eigenvalue weighted by Gasteiger charge is -2.17. The van der Waals surface area contributed by atoms with Crippen molar-refractivity contribution in [1.29, 1.82) is 0 Å². The first kappa shape index (κ1) is 18.0. The van der Waals surface area contributed by atoms with Crippen molar-refractivity contribution in [3.05, 3.63) is 60.9 Å². The molecule has 5 aromatic rings. The first-order valence-corrected chi connectivity index (χ1v) is 9.16. The quantitative estimate of drug-likeness (QED) is 0.432. The number of benzene rings is 1. The predicted octanol–water partition coefficient (Wildman–Crippen LogP) is 3.21. The minimum absolute atomic E-state index is 0.0246. The summed E-state index contributed by atoms with van der Waals surface area (Å²) >= 11 is 0. The van der Waals surface area contributed by atoms with Crippen LogP contribution in [0.25, 0.3) is 33.6 Å². The Morgan fingerprint density at radius 2 is 2.07 bits per heavy atom. The molecule has 0 amide bonds. The minimum atomic E-state index is -0.430.